The third-order valence-electron chi connectivity index (χ3n) is 4.85. The van der Waals surface area contributed by atoms with Crippen LogP contribution in [0.4, 0.5) is 0 Å². The van der Waals surface area contributed by atoms with Crippen LogP contribution in [0, 0.1) is 0 Å². The van der Waals surface area contributed by atoms with E-state index in [9.17, 15) is 0 Å². The Morgan fingerprint density at radius 3 is 2.27 bits per heavy atom. The molecule has 0 saturated heterocycles. The Kier molecular flexibility index (Phi) is 9.80. The Morgan fingerprint density at radius 1 is 0.967 bits per heavy atom. The second-order valence-electron chi connectivity index (χ2n) is 6.76. The number of nitrogens with one attached hydrogen (secondary N) is 1. The first-order valence-corrected chi connectivity index (χ1v) is 10.3. The normalized spacial score (nSPS) is 11.4. The first-order valence-electron chi connectivity index (χ1n) is 10.3. The van der Waals surface area contributed by atoms with Gasteiger partial charge in [-0.15, -0.1) is 0 Å². The van der Waals surface area contributed by atoms with Crippen molar-refractivity contribution >= 4 is 5.96 Å². The number of hydrogen-bond donors (Lipinski definition) is 2. The van der Waals surface area contributed by atoms with Crippen LogP contribution in [0.3, 0.4) is 0 Å². The third-order valence-corrected chi connectivity index (χ3v) is 4.85. The molecule has 0 spiro atoms. The molecule has 0 saturated carbocycles. The molecule has 0 atom stereocenters. The molecule has 0 bridgehead atoms. The van der Waals surface area contributed by atoms with Gasteiger partial charge in [0.2, 0.25) is 0 Å². The maximum absolute atomic E-state index is 6.00. The van der Waals surface area contributed by atoms with Crippen LogP contribution in [-0.4, -0.2) is 51.3 Å². The predicted octanol–water partition coefficient (Wildman–Crippen LogP) is 3.03. The first-order chi connectivity index (χ1) is 14.6. The van der Waals surface area contributed by atoms with Gasteiger partial charge in [-0.25, -0.2) is 4.99 Å². The minimum absolute atomic E-state index is 0.393. The van der Waals surface area contributed by atoms with Gasteiger partial charge in [-0.1, -0.05) is 32.0 Å². The second kappa shape index (κ2) is 12.6. The molecule has 164 valence electrons. The molecule has 2 rings (SSSR count). The van der Waals surface area contributed by atoms with Gasteiger partial charge < -0.3 is 30.2 Å². The maximum Gasteiger partial charge on any atom is 0.189 e. The van der Waals surface area contributed by atoms with Gasteiger partial charge in [-0.2, -0.15) is 0 Å². The molecule has 0 aliphatic carbocycles. The number of rotatable bonds is 12. The molecule has 7 nitrogen and oxygen atoms in total. The van der Waals surface area contributed by atoms with Crippen molar-refractivity contribution in [1.82, 2.24) is 10.2 Å². The van der Waals surface area contributed by atoms with Crippen molar-refractivity contribution in [3.05, 3.63) is 53.6 Å². The van der Waals surface area contributed by atoms with E-state index in [2.05, 4.69) is 29.1 Å². The molecular formula is C23H34N4O3. The van der Waals surface area contributed by atoms with Crippen molar-refractivity contribution < 1.29 is 14.2 Å². The van der Waals surface area contributed by atoms with Gasteiger partial charge in [0, 0.05) is 13.1 Å². The number of likely N-dealkylation sites (N-methyl/N-ethyl adjacent to an activating group) is 1. The highest BCUT2D eigenvalue weighted by atomic mass is 16.5. The van der Waals surface area contributed by atoms with Gasteiger partial charge in [-0.05, 0) is 48.5 Å². The summed E-state index contributed by atoms with van der Waals surface area (Å²) in [4.78, 5) is 6.72. The molecule has 2 aromatic carbocycles. The summed E-state index contributed by atoms with van der Waals surface area (Å²) in [6, 6.07) is 13.7. The number of guanidine groups is 1. The smallest absolute Gasteiger partial charge is 0.189 e. The highest BCUT2D eigenvalue weighted by Gasteiger charge is 2.04. The number of ether oxygens (including phenoxy) is 3. The number of nitrogens with two attached hydrogens (primary N) is 1. The summed E-state index contributed by atoms with van der Waals surface area (Å²) in [5.74, 6) is 2.64. The molecule has 0 aromatic heterocycles. The van der Waals surface area contributed by atoms with Crippen molar-refractivity contribution in [2.75, 3.05) is 40.5 Å². The summed E-state index contributed by atoms with van der Waals surface area (Å²) in [6.45, 7) is 9.08. The van der Waals surface area contributed by atoms with Crippen LogP contribution >= 0.6 is 0 Å². The average Bonchev–Trinajstić information content (AvgIpc) is 2.79. The molecule has 0 unspecified atom stereocenters. The molecule has 0 aliphatic heterocycles. The number of hydrogen-bond acceptors (Lipinski definition) is 5. The van der Waals surface area contributed by atoms with E-state index < -0.39 is 0 Å². The minimum Gasteiger partial charge on any atom is -0.493 e. The summed E-state index contributed by atoms with van der Waals surface area (Å²) in [7, 11) is 3.23. The summed E-state index contributed by atoms with van der Waals surface area (Å²) < 4.78 is 16.4. The van der Waals surface area contributed by atoms with Crippen LogP contribution in [0.25, 0.3) is 0 Å². The fourth-order valence-electron chi connectivity index (χ4n) is 2.94. The first kappa shape index (κ1) is 23.3. The van der Waals surface area contributed by atoms with Crippen molar-refractivity contribution in [2.24, 2.45) is 10.7 Å². The lowest BCUT2D eigenvalue weighted by Crippen LogP contribution is -2.31. The quantitative estimate of drug-likeness (QED) is 0.410. The van der Waals surface area contributed by atoms with Crippen LogP contribution < -0.4 is 25.3 Å². The Balaban J connectivity index is 1.79. The molecule has 3 N–H and O–H groups in total. The van der Waals surface area contributed by atoms with Crippen LogP contribution in [0.2, 0.25) is 0 Å². The van der Waals surface area contributed by atoms with Gasteiger partial charge in [0.25, 0.3) is 0 Å². The highest BCUT2D eigenvalue weighted by Crippen LogP contribution is 2.27. The average molecular weight is 415 g/mol. The molecule has 0 fully saturated rings. The number of benzene rings is 2. The molecular weight excluding hydrogens is 380 g/mol. The number of nitrogens with zero attached hydrogens (tertiary/aromatic N) is 2. The third kappa shape index (κ3) is 7.48. The van der Waals surface area contributed by atoms with Crippen molar-refractivity contribution in [1.29, 1.82) is 0 Å². The molecule has 0 amide bonds. The standard InChI is InChI=1S/C23H34N4O3/c1-5-27(6-2)13-14-30-20-10-7-18(8-11-20)16-25-23(24)26-17-19-9-12-21(28-3)22(15-19)29-4/h7-12,15H,5-6,13-14,16-17H2,1-4H3,(H3,24,25,26). The van der Waals surface area contributed by atoms with Crippen molar-refractivity contribution in [2.45, 2.75) is 26.9 Å². The summed E-state index contributed by atoms with van der Waals surface area (Å²) in [5.41, 5.74) is 8.10. The predicted molar refractivity (Wildman–Crippen MR) is 121 cm³/mol. The summed E-state index contributed by atoms with van der Waals surface area (Å²) >= 11 is 0. The zero-order valence-corrected chi connectivity index (χ0v) is 18.5. The van der Waals surface area contributed by atoms with Crippen LogP contribution in [0.1, 0.15) is 25.0 Å². The van der Waals surface area contributed by atoms with Gasteiger partial charge in [-0.3, -0.25) is 0 Å². The monoisotopic (exact) mass is 414 g/mol. The maximum atomic E-state index is 6.00. The SMILES string of the molecule is CCN(CC)CCOc1ccc(CNC(N)=NCc2ccc(OC)c(OC)c2)cc1. The number of aliphatic imine (C=N–C) groups is 1. The zero-order chi connectivity index (χ0) is 21.8. The molecule has 7 heteroatoms. The Morgan fingerprint density at radius 2 is 1.63 bits per heavy atom. The van der Waals surface area contributed by atoms with E-state index in [1.165, 1.54) is 0 Å². The van der Waals surface area contributed by atoms with E-state index in [-0.39, 0.29) is 0 Å². The van der Waals surface area contributed by atoms with Gasteiger partial charge in [0.1, 0.15) is 12.4 Å². The lowest BCUT2D eigenvalue weighted by Gasteiger charge is -2.18. The van der Waals surface area contributed by atoms with Gasteiger partial charge in [0.05, 0.1) is 20.8 Å². The largest absolute Gasteiger partial charge is 0.493 e. The van der Waals surface area contributed by atoms with Crippen LogP contribution in [0.5, 0.6) is 17.2 Å². The Labute approximate surface area is 179 Å². The topological polar surface area (TPSA) is 81.3 Å². The molecule has 0 aliphatic rings. The van der Waals surface area contributed by atoms with E-state index >= 15 is 0 Å². The fourth-order valence-corrected chi connectivity index (χ4v) is 2.94. The Hall–Kier alpha value is -2.93. The summed E-state index contributed by atoms with van der Waals surface area (Å²) in [6.07, 6.45) is 0. The molecule has 2 aromatic rings. The van der Waals surface area contributed by atoms with E-state index in [0.29, 0.717) is 37.2 Å². The second-order valence-corrected chi connectivity index (χ2v) is 6.76. The lowest BCUT2D eigenvalue weighted by molar-refractivity contribution is 0.223. The van der Waals surface area contributed by atoms with Crippen LogP contribution in [-0.2, 0) is 13.1 Å². The van der Waals surface area contributed by atoms with Crippen molar-refractivity contribution in [3.63, 3.8) is 0 Å². The van der Waals surface area contributed by atoms with Crippen molar-refractivity contribution in [3.8, 4) is 17.2 Å². The minimum atomic E-state index is 0.393. The highest BCUT2D eigenvalue weighted by molar-refractivity contribution is 5.77. The molecule has 0 radical (unpaired) electrons. The van der Waals surface area contributed by atoms with E-state index in [4.69, 9.17) is 19.9 Å². The van der Waals surface area contributed by atoms with Gasteiger partial charge in [0.15, 0.2) is 17.5 Å². The van der Waals surface area contributed by atoms with Gasteiger partial charge >= 0.3 is 0 Å². The van der Waals surface area contributed by atoms with E-state index in [0.717, 1.165) is 36.5 Å². The fraction of sp³-hybridized carbons (Fsp3) is 0.435. The zero-order valence-electron chi connectivity index (χ0n) is 18.5. The Bertz CT molecular complexity index is 790. The summed E-state index contributed by atoms with van der Waals surface area (Å²) in [5, 5.41) is 3.14. The van der Waals surface area contributed by atoms with E-state index in [1.54, 1.807) is 14.2 Å². The molecule has 0 heterocycles. The number of methoxy groups -OCH3 is 2. The molecule has 30 heavy (non-hydrogen) atoms. The van der Waals surface area contributed by atoms with E-state index in [1.807, 2.05) is 42.5 Å². The van der Waals surface area contributed by atoms with Crippen LogP contribution in [0.15, 0.2) is 47.5 Å². The lowest BCUT2D eigenvalue weighted by atomic mass is 10.2.